The number of nitro groups is 1. The zero-order valence-corrected chi connectivity index (χ0v) is 14.8. The Hall–Kier alpha value is -2.71. The van der Waals surface area contributed by atoms with E-state index in [-0.39, 0.29) is 18.1 Å². The minimum absolute atomic E-state index is 0.00178. The van der Waals surface area contributed by atoms with Gasteiger partial charge in [0.15, 0.2) is 0 Å². The van der Waals surface area contributed by atoms with Crippen LogP contribution in [0, 0.1) is 15.9 Å². The number of aliphatic hydroxyl groups excluding tert-OH is 1. The smallest absolute Gasteiger partial charge is 0.269 e. The van der Waals surface area contributed by atoms with E-state index in [4.69, 9.17) is 4.74 Å². The predicted molar refractivity (Wildman–Crippen MR) is 99.7 cm³/mol. The summed E-state index contributed by atoms with van der Waals surface area (Å²) in [6, 6.07) is 12.3. The molecule has 2 aromatic carbocycles. The van der Waals surface area contributed by atoms with Gasteiger partial charge in [0.2, 0.25) is 0 Å². The SMILES string of the molecule is O=[N+]([O-])c1ccc(OC[C@@H](O)CN2CCN(c3ccc(F)cc3)CC2)cc1. The van der Waals surface area contributed by atoms with Crippen molar-refractivity contribution in [2.75, 3.05) is 44.2 Å². The molecule has 0 unspecified atom stereocenters. The Balaban J connectivity index is 1.40. The Kier molecular flexibility index (Phi) is 6.20. The Morgan fingerprint density at radius 3 is 2.30 bits per heavy atom. The number of rotatable bonds is 7. The molecule has 1 aliphatic heterocycles. The molecule has 0 amide bonds. The third-order valence-electron chi connectivity index (χ3n) is 4.52. The van der Waals surface area contributed by atoms with Gasteiger partial charge >= 0.3 is 0 Å². The van der Waals surface area contributed by atoms with E-state index in [0.29, 0.717) is 12.3 Å². The van der Waals surface area contributed by atoms with Crippen LogP contribution < -0.4 is 9.64 Å². The summed E-state index contributed by atoms with van der Waals surface area (Å²) in [6.45, 7) is 3.82. The van der Waals surface area contributed by atoms with E-state index in [9.17, 15) is 19.6 Å². The number of halogens is 1. The maximum Gasteiger partial charge on any atom is 0.269 e. The minimum Gasteiger partial charge on any atom is -0.491 e. The average Bonchev–Trinajstić information content (AvgIpc) is 2.68. The highest BCUT2D eigenvalue weighted by Gasteiger charge is 2.20. The number of ether oxygens (including phenoxy) is 1. The lowest BCUT2D eigenvalue weighted by Gasteiger charge is -2.36. The molecule has 0 aromatic heterocycles. The van der Waals surface area contributed by atoms with Gasteiger partial charge in [-0.15, -0.1) is 0 Å². The van der Waals surface area contributed by atoms with E-state index in [1.165, 1.54) is 36.4 Å². The highest BCUT2D eigenvalue weighted by Crippen LogP contribution is 2.18. The highest BCUT2D eigenvalue weighted by molar-refractivity contribution is 5.46. The van der Waals surface area contributed by atoms with Crippen molar-refractivity contribution >= 4 is 11.4 Å². The molecule has 0 saturated carbocycles. The molecule has 1 N–H and O–H groups in total. The second-order valence-corrected chi connectivity index (χ2v) is 6.48. The first kappa shape index (κ1) is 19.1. The molecule has 1 aliphatic rings. The van der Waals surface area contributed by atoms with Crippen molar-refractivity contribution in [3.63, 3.8) is 0 Å². The van der Waals surface area contributed by atoms with Crippen molar-refractivity contribution in [2.45, 2.75) is 6.10 Å². The Bertz CT molecular complexity index is 747. The third-order valence-corrected chi connectivity index (χ3v) is 4.52. The van der Waals surface area contributed by atoms with Crippen LogP contribution in [0.5, 0.6) is 5.75 Å². The van der Waals surface area contributed by atoms with E-state index < -0.39 is 11.0 Å². The van der Waals surface area contributed by atoms with Crippen LogP contribution in [-0.2, 0) is 0 Å². The fourth-order valence-corrected chi connectivity index (χ4v) is 3.05. The monoisotopic (exact) mass is 375 g/mol. The van der Waals surface area contributed by atoms with Crippen LogP contribution in [0.3, 0.4) is 0 Å². The molecular formula is C19H22FN3O4. The number of non-ortho nitro benzene ring substituents is 1. The first-order valence-corrected chi connectivity index (χ1v) is 8.79. The molecule has 2 aromatic rings. The quantitative estimate of drug-likeness (QED) is 0.591. The maximum atomic E-state index is 13.0. The van der Waals surface area contributed by atoms with Crippen LogP contribution >= 0.6 is 0 Å². The fraction of sp³-hybridized carbons (Fsp3) is 0.368. The van der Waals surface area contributed by atoms with Crippen molar-refractivity contribution in [1.29, 1.82) is 0 Å². The Labute approximate surface area is 156 Å². The molecule has 0 radical (unpaired) electrons. The minimum atomic E-state index is -0.655. The standard InChI is InChI=1S/C19H22FN3O4/c20-15-1-3-16(4-2-15)22-11-9-21(10-12-22)13-18(24)14-27-19-7-5-17(6-8-19)23(25)26/h1-8,18,24H,9-14H2/t18-/m0/s1. The molecule has 27 heavy (non-hydrogen) atoms. The van der Waals surface area contributed by atoms with Crippen molar-refractivity contribution < 1.29 is 19.2 Å². The van der Waals surface area contributed by atoms with Crippen LogP contribution in [0.2, 0.25) is 0 Å². The molecule has 1 fully saturated rings. The Morgan fingerprint density at radius 2 is 1.70 bits per heavy atom. The third kappa shape index (κ3) is 5.38. The van der Waals surface area contributed by atoms with Gasteiger partial charge in [-0.2, -0.15) is 0 Å². The maximum absolute atomic E-state index is 13.0. The molecule has 0 aliphatic carbocycles. The summed E-state index contributed by atoms with van der Waals surface area (Å²) in [5, 5.41) is 20.8. The lowest BCUT2D eigenvalue weighted by molar-refractivity contribution is -0.384. The van der Waals surface area contributed by atoms with Gasteiger partial charge in [0.25, 0.3) is 5.69 Å². The van der Waals surface area contributed by atoms with Crippen LogP contribution in [0.25, 0.3) is 0 Å². The second kappa shape index (κ2) is 8.79. The molecule has 7 nitrogen and oxygen atoms in total. The summed E-state index contributed by atoms with van der Waals surface area (Å²) >= 11 is 0. The molecular weight excluding hydrogens is 353 g/mol. The highest BCUT2D eigenvalue weighted by atomic mass is 19.1. The summed E-state index contributed by atoms with van der Waals surface area (Å²) in [7, 11) is 0. The number of hydrogen-bond acceptors (Lipinski definition) is 6. The number of nitro benzene ring substituents is 1. The number of β-amino-alcohol motifs (C(OH)–C–C–N with tert-alkyl or cyclic N) is 1. The summed E-state index contributed by atoms with van der Waals surface area (Å²) in [5.74, 6) is 0.245. The van der Waals surface area contributed by atoms with E-state index in [2.05, 4.69) is 9.80 Å². The summed E-state index contributed by atoms with van der Waals surface area (Å²) in [4.78, 5) is 14.5. The summed E-state index contributed by atoms with van der Waals surface area (Å²) < 4.78 is 18.5. The van der Waals surface area contributed by atoms with Gasteiger partial charge in [0.1, 0.15) is 24.3 Å². The van der Waals surface area contributed by atoms with Gasteiger partial charge in [-0.1, -0.05) is 0 Å². The van der Waals surface area contributed by atoms with Gasteiger partial charge < -0.3 is 14.7 Å². The number of nitrogens with zero attached hydrogens (tertiary/aromatic N) is 3. The van der Waals surface area contributed by atoms with Crippen molar-refractivity contribution in [3.05, 3.63) is 64.5 Å². The number of piperazine rings is 1. The molecule has 0 bridgehead atoms. The van der Waals surface area contributed by atoms with Crippen LogP contribution in [0.1, 0.15) is 0 Å². The normalized spacial score (nSPS) is 16.1. The lowest BCUT2D eigenvalue weighted by atomic mass is 10.2. The summed E-state index contributed by atoms with van der Waals surface area (Å²) in [5.41, 5.74) is 1.00. The van der Waals surface area contributed by atoms with Gasteiger partial charge in [0.05, 0.1) is 4.92 Å². The molecule has 8 heteroatoms. The van der Waals surface area contributed by atoms with E-state index in [1.807, 2.05) is 0 Å². The Morgan fingerprint density at radius 1 is 1.07 bits per heavy atom. The molecule has 3 rings (SSSR count). The van der Waals surface area contributed by atoms with Crippen LogP contribution in [-0.4, -0.2) is 60.4 Å². The zero-order chi connectivity index (χ0) is 19.2. The van der Waals surface area contributed by atoms with Crippen molar-refractivity contribution in [3.8, 4) is 5.75 Å². The van der Waals surface area contributed by atoms with Gasteiger partial charge in [-0.25, -0.2) is 4.39 Å². The molecule has 144 valence electrons. The fourth-order valence-electron chi connectivity index (χ4n) is 3.05. The lowest BCUT2D eigenvalue weighted by Crippen LogP contribution is -2.49. The second-order valence-electron chi connectivity index (χ2n) is 6.48. The number of anilines is 1. The summed E-state index contributed by atoms with van der Waals surface area (Å²) in [6.07, 6.45) is -0.655. The zero-order valence-electron chi connectivity index (χ0n) is 14.8. The van der Waals surface area contributed by atoms with E-state index >= 15 is 0 Å². The topological polar surface area (TPSA) is 79.1 Å². The largest absolute Gasteiger partial charge is 0.491 e. The first-order valence-electron chi connectivity index (χ1n) is 8.79. The van der Waals surface area contributed by atoms with Crippen molar-refractivity contribution in [1.82, 2.24) is 4.90 Å². The predicted octanol–water partition coefficient (Wildman–Crippen LogP) is 2.30. The molecule has 0 spiro atoms. The van der Waals surface area contributed by atoms with Gasteiger partial charge in [-0.3, -0.25) is 15.0 Å². The van der Waals surface area contributed by atoms with Gasteiger partial charge in [-0.05, 0) is 36.4 Å². The van der Waals surface area contributed by atoms with Gasteiger partial charge in [0, 0.05) is 50.5 Å². The average molecular weight is 375 g/mol. The number of benzene rings is 2. The molecule has 1 saturated heterocycles. The number of hydrogen-bond donors (Lipinski definition) is 1. The molecule has 1 heterocycles. The first-order chi connectivity index (χ1) is 13.0. The molecule has 1 atom stereocenters. The number of aliphatic hydroxyl groups is 1. The van der Waals surface area contributed by atoms with Crippen molar-refractivity contribution in [2.24, 2.45) is 0 Å². The van der Waals surface area contributed by atoms with Crippen LogP contribution in [0.4, 0.5) is 15.8 Å². The van der Waals surface area contributed by atoms with E-state index in [0.717, 1.165) is 31.9 Å². The van der Waals surface area contributed by atoms with E-state index in [1.54, 1.807) is 12.1 Å². The van der Waals surface area contributed by atoms with Crippen LogP contribution in [0.15, 0.2) is 48.5 Å².